The van der Waals surface area contributed by atoms with Crippen LogP contribution in [0.1, 0.15) is 11.1 Å². The molecule has 2 aromatic carbocycles. The van der Waals surface area contributed by atoms with Crippen molar-refractivity contribution in [2.75, 3.05) is 24.3 Å². The van der Waals surface area contributed by atoms with Gasteiger partial charge in [-0.2, -0.15) is 0 Å². The summed E-state index contributed by atoms with van der Waals surface area (Å²) in [7, 11) is 4.11. The molecule has 0 amide bonds. The molecule has 0 spiro atoms. The second kappa shape index (κ2) is 5.98. The van der Waals surface area contributed by atoms with E-state index in [4.69, 9.17) is 11.6 Å². The SMILES string of the molecule is Cc1ccc(NCc2ccccc2Cl)cc1N(C)C. The van der Waals surface area contributed by atoms with Gasteiger partial charge in [0.2, 0.25) is 0 Å². The molecule has 0 saturated heterocycles. The molecular formula is C16H19ClN2. The molecule has 0 bridgehead atoms. The lowest BCUT2D eigenvalue weighted by Gasteiger charge is -2.17. The Hall–Kier alpha value is -1.67. The molecule has 100 valence electrons. The van der Waals surface area contributed by atoms with Gasteiger partial charge in [-0.05, 0) is 36.2 Å². The maximum atomic E-state index is 6.15. The van der Waals surface area contributed by atoms with Crippen LogP contribution >= 0.6 is 11.6 Å². The van der Waals surface area contributed by atoms with Gasteiger partial charge in [-0.3, -0.25) is 0 Å². The Morgan fingerprint density at radius 2 is 1.84 bits per heavy atom. The molecule has 2 aromatic rings. The smallest absolute Gasteiger partial charge is 0.0455 e. The molecule has 0 aromatic heterocycles. The van der Waals surface area contributed by atoms with E-state index in [0.717, 1.165) is 22.8 Å². The maximum absolute atomic E-state index is 6.15. The van der Waals surface area contributed by atoms with E-state index in [1.165, 1.54) is 11.3 Å². The van der Waals surface area contributed by atoms with Gasteiger partial charge in [0.15, 0.2) is 0 Å². The first kappa shape index (κ1) is 13.8. The zero-order chi connectivity index (χ0) is 13.8. The van der Waals surface area contributed by atoms with Crippen LogP contribution in [0.4, 0.5) is 11.4 Å². The van der Waals surface area contributed by atoms with Crippen molar-refractivity contribution >= 4 is 23.0 Å². The van der Waals surface area contributed by atoms with E-state index in [2.05, 4.69) is 49.4 Å². The van der Waals surface area contributed by atoms with Crippen LogP contribution in [0.5, 0.6) is 0 Å². The van der Waals surface area contributed by atoms with Crippen molar-refractivity contribution in [1.82, 2.24) is 0 Å². The van der Waals surface area contributed by atoms with Crippen LogP contribution in [0.25, 0.3) is 0 Å². The number of rotatable bonds is 4. The Balaban J connectivity index is 2.12. The molecule has 19 heavy (non-hydrogen) atoms. The predicted octanol–water partition coefficient (Wildman–Crippen LogP) is 4.33. The zero-order valence-corrected chi connectivity index (χ0v) is 12.3. The highest BCUT2D eigenvalue weighted by atomic mass is 35.5. The molecule has 1 N–H and O–H groups in total. The van der Waals surface area contributed by atoms with Crippen LogP contribution in [-0.4, -0.2) is 14.1 Å². The van der Waals surface area contributed by atoms with Crippen LogP contribution in [0.3, 0.4) is 0 Å². The number of hydrogen-bond donors (Lipinski definition) is 1. The third-order valence-corrected chi connectivity index (χ3v) is 3.50. The molecule has 0 unspecified atom stereocenters. The second-order valence-electron chi connectivity index (χ2n) is 4.84. The average Bonchev–Trinajstić information content (AvgIpc) is 2.39. The molecule has 2 nitrogen and oxygen atoms in total. The molecule has 0 aliphatic carbocycles. The fraction of sp³-hybridized carbons (Fsp3) is 0.250. The van der Waals surface area contributed by atoms with Gasteiger partial charge in [0, 0.05) is 37.0 Å². The summed E-state index contributed by atoms with van der Waals surface area (Å²) in [6.07, 6.45) is 0. The number of nitrogens with one attached hydrogen (secondary N) is 1. The Morgan fingerprint density at radius 1 is 1.11 bits per heavy atom. The topological polar surface area (TPSA) is 15.3 Å². The number of aryl methyl sites for hydroxylation is 1. The molecule has 0 saturated carbocycles. The highest BCUT2D eigenvalue weighted by molar-refractivity contribution is 6.31. The van der Waals surface area contributed by atoms with Crippen LogP contribution < -0.4 is 10.2 Å². The summed E-state index contributed by atoms with van der Waals surface area (Å²) < 4.78 is 0. The van der Waals surface area contributed by atoms with Crippen LogP contribution in [0.2, 0.25) is 5.02 Å². The van der Waals surface area contributed by atoms with Crippen molar-refractivity contribution in [3.63, 3.8) is 0 Å². The van der Waals surface area contributed by atoms with Crippen LogP contribution in [-0.2, 0) is 6.54 Å². The van der Waals surface area contributed by atoms with Crippen molar-refractivity contribution in [3.05, 3.63) is 58.6 Å². The quantitative estimate of drug-likeness (QED) is 0.893. The zero-order valence-electron chi connectivity index (χ0n) is 11.6. The Labute approximate surface area is 120 Å². The van der Waals surface area contributed by atoms with Gasteiger partial charge < -0.3 is 10.2 Å². The molecule has 2 rings (SSSR count). The van der Waals surface area contributed by atoms with Crippen molar-refractivity contribution in [2.45, 2.75) is 13.5 Å². The van der Waals surface area contributed by atoms with Crippen molar-refractivity contribution in [2.24, 2.45) is 0 Å². The normalized spacial score (nSPS) is 10.3. The largest absolute Gasteiger partial charge is 0.381 e. The lowest BCUT2D eigenvalue weighted by molar-refractivity contribution is 1.10. The van der Waals surface area contributed by atoms with Gasteiger partial charge in [-0.15, -0.1) is 0 Å². The summed E-state index contributed by atoms with van der Waals surface area (Å²) in [6, 6.07) is 14.3. The highest BCUT2D eigenvalue weighted by Crippen LogP contribution is 2.23. The number of hydrogen-bond acceptors (Lipinski definition) is 2. The third kappa shape index (κ3) is 3.42. The summed E-state index contributed by atoms with van der Waals surface area (Å²) in [5, 5.41) is 4.21. The molecule has 0 aliphatic rings. The van der Waals surface area contributed by atoms with E-state index in [-0.39, 0.29) is 0 Å². The van der Waals surface area contributed by atoms with Gasteiger partial charge >= 0.3 is 0 Å². The molecule has 3 heteroatoms. The Kier molecular flexibility index (Phi) is 4.33. The summed E-state index contributed by atoms with van der Waals surface area (Å²) in [5.74, 6) is 0. The first-order valence-electron chi connectivity index (χ1n) is 6.33. The minimum Gasteiger partial charge on any atom is -0.381 e. The summed E-state index contributed by atoms with van der Waals surface area (Å²) in [4.78, 5) is 2.12. The summed E-state index contributed by atoms with van der Waals surface area (Å²) in [5.41, 5.74) is 4.71. The van der Waals surface area contributed by atoms with Gasteiger partial charge in [-0.1, -0.05) is 35.9 Å². The molecular weight excluding hydrogens is 256 g/mol. The Morgan fingerprint density at radius 3 is 2.53 bits per heavy atom. The first-order chi connectivity index (χ1) is 9.08. The van der Waals surface area contributed by atoms with Gasteiger partial charge in [0.05, 0.1) is 0 Å². The van der Waals surface area contributed by atoms with E-state index >= 15 is 0 Å². The van der Waals surface area contributed by atoms with Gasteiger partial charge in [0.25, 0.3) is 0 Å². The Bertz CT molecular complexity index is 564. The fourth-order valence-corrected chi connectivity index (χ4v) is 2.24. The fourth-order valence-electron chi connectivity index (χ4n) is 2.04. The van der Waals surface area contributed by atoms with Gasteiger partial charge in [0.1, 0.15) is 0 Å². The molecule has 0 radical (unpaired) electrons. The van der Waals surface area contributed by atoms with Crippen molar-refractivity contribution < 1.29 is 0 Å². The van der Waals surface area contributed by atoms with E-state index < -0.39 is 0 Å². The average molecular weight is 275 g/mol. The molecule has 0 heterocycles. The lowest BCUT2D eigenvalue weighted by Crippen LogP contribution is -2.11. The standard InChI is InChI=1S/C16H19ClN2/c1-12-8-9-14(10-16(12)19(2)3)18-11-13-6-4-5-7-15(13)17/h4-10,18H,11H2,1-3H3. The maximum Gasteiger partial charge on any atom is 0.0455 e. The number of benzene rings is 2. The number of anilines is 2. The van der Waals surface area contributed by atoms with Crippen molar-refractivity contribution in [3.8, 4) is 0 Å². The predicted molar refractivity (Wildman–Crippen MR) is 84.3 cm³/mol. The van der Waals surface area contributed by atoms with Gasteiger partial charge in [-0.25, -0.2) is 0 Å². The molecule has 0 aliphatic heterocycles. The number of nitrogens with zero attached hydrogens (tertiary/aromatic N) is 1. The minimum absolute atomic E-state index is 0.732. The minimum atomic E-state index is 0.732. The monoisotopic (exact) mass is 274 g/mol. The lowest BCUT2D eigenvalue weighted by atomic mass is 10.1. The first-order valence-corrected chi connectivity index (χ1v) is 6.71. The summed E-state index contributed by atoms with van der Waals surface area (Å²) >= 11 is 6.15. The second-order valence-corrected chi connectivity index (χ2v) is 5.25. The third-order valence-electron chi connectivity index (χ3n) is 3.13. The van der Waals surface area contributed by atoms with Crippen LogP contribution in [0, 0.1) is 6.92 Å². The van der Waals surface area contributed by atoms with E-state index in [0.29, 0.717) is 0 Å². The highest BCUT2D eigenvalue weighted by Gasteiger charge is 2.03. The van der Waals surface area contributed by atoms with E-state index in [1.54, 1.807) is 0 Å². The van der Waals surface area contributed by atoms with E-state index in [9.17, 15) is 0 Å². The van der Waals surface area contributed by atoms with Crippen molar-refractivity contribution in [1.29, 1.82) is 0 Å². The van der Waals surface area contributed by atoms with E-state index in [1.807, 2.05) is 24.3 Å². The molecule has 0 atom stereocenters. The summed E-state index contributed by atoms with van der Waals surface area (Å²) in [6.45, 7) is 2.85. The molecule has 0 fully saturated rings. The van der Waals surface area contributed by atoms with Crippen LogP contribution in [0.15, 0.2) is 42.5 Å². The number of halogens is 1.